The Bertz CT molecular complexity index is 1530. The zero-order chi connectivity index (χ0) is 36.1. The van der Waals surface area contributed by atoms with Crippen LogP contribution in [0.5, 0.6) is 0 Å². The van der Waals surface area contributed by atoms with Crippen molar-refractivity contribution in [2.75, 3.05) is 32.8 Å². The third-order valence-electron chi connectivity index (χ3n) is 7.90. The van der Waals surface area contributed by atoms with E-state index in [1.165, 1.54) is 4.90 Å². The highest BCUT2D eigenvalue weighted by atomic mass is 16.4. The number of H-pyrrole nitrogens is 1. The summed E-state index contributed by atoms with van der Waals surface area (Å²) in [4.78, 5) is 83.8. The first-order valence-corrected chi connectivity index (χ1v) is 15.6. The lowest BCUT2D eigenvalue weighted by atomic mass is 10.0. The Morgan fingerprint density at radius 2 is 1.69 bits per heavy atom. The number of likely N-dealkylation sites (tertiary alicyclic amines) is 1. The number of aliphatic imine (C=N–C) groups is 1. The van der Waals surface area contributed by atoms with E-state index in [9.17, 15) is 44.1 Å². The third-order valence-corrected chi connectivity index (χ3v) is 7.90. The SMILES string of the molecule is NC(N)=NCCC[C@H](NC(=O)CNC(=O)[C@H](CO)NC(=O)[C@@H]1CCCN1C(=O)[C@H](CO)NC(=O)[C@@H](N)Cc1c[nH]c2ccccc12)C(=O)O. The Labute approximate surface area is 281 Å². The van der Waals surface area contributed by atoms with Crippen molar-refractivity contribution in [3.63, 3.8) is 0 Å². The van der Waals surface area contributed by atoms with E-state index in [1.807, 2.05) is 24.3 Å². The second-order valence-electron chi connectivity index (χ2n) is 11.5. The first-order valence-electron chi connectivity index (χ1n) is 15.6. The van der Waals surface area contributed by atoms with Crippen LogP contribution in [0, 0.1) is 0 Å². The average molecular weight is 689 g/mol. The van der Waals surface area contributed by atoms with Gasteiger partial charge in [0.05, 0.1) is 25.8 Å². The highest BCUT2D eigenvalue weighted by Crippen LogP contribution is 2.20. The first kappa shape index (κ1) is 38.2. The minimum Gasteiger partial charge on any atom is -0.480 e. The molecule has 268 valence electrons. The maximum Gasteiger partial charge on any atom is 0.326 e. The fourth-order valence-electron chi connectivity index (χ4n) is 5.36. The number of aromatic amines is 1. The zero-order valence-corrected chi connectivity index (χ0v) is 26.8. The molecule has 2 heterocycles. The van der Waals surface area contributed by atoms with Crippen molar-refractivity contribution in [1.82, 2.24) is 31.2 Å². The fourth-order valence-corrected chi connectivity index (χ4v) is 5.36. The Balaban J connectivity index is 1.52. The van der Waals surface area contributed by atoms with Crippen LogP contribution < -0.4 is 38.5 Å². The molecule has 14 N–H and O–H groups in total. The summed E-state index contributed by atoms with van der Waals surface area (Å²) in [5, 5.41) is 39.3. The summed E-state index contributed by atoms with van der Waals surface area (Å²) in [6.07, 6.45) is 2.77. The number of nitrogens with one attached hydrogen (secondary N) is 5. The number of fused-ring (bicyclic) bond motifs is 1. The van der Waals surface area contributed by atoms with Crippen LogP contribution in [-0.2, 0) is 35.2 Å². The number of hydrogen-bond donors (Lipinski definition) is 11. The van der Waals surface area contributed by atoms with Crippen LogP contribution in [0.1, 0.15) is 31.2 Å². The van der Waals surface area contributed by atoms with Crippen molar-refractivity contribution in [1.29, 1.82) is 0 Å². The molecule has 0 saturated carbocycles. The van der Waals surface area contributed by atoms with Gasteiger partial charge >= 0.3 is 5.97 Å². The van der Waals surface area contributed by atoms with Gasteiger partial charge in [-0.2, -0.15) is 0 Å². The Morgan fingerprint density at radius 3 is 2.37 bits per heavy atom. The Morgan fingerprint density at radius 1 is 0.980 bits per heavy atom. The number of rotatable bonds is 18. The molecule has 19 heteroatoms. The number of benzene rings is 1. The van der Waals surface area contributed by atoms with Crippen LogP contribution in [0.2, 0.25) is 0 Å². The molecule has 3 rings (SSSR count). The van der Waals surface area contributed by atoms with Crippen molar-refractivity contribution in [2.45, 2.75) is 62.3 Å². The third kappa shape index (κ3) is 10.9. The lowest BCUT2D eigenvalue weighted by molar-refractivity contribution is -0.143. The number of carboxylic acids is 1. The van der Waals surface area contributed by atoms with Crippen LogP contribution >= 0.6 is 0 Å². The second-order valence-corrected chi connectivity index (χ2v) is 11.5. The van der Waals surface area contributed by atoms with E-state index in [0.29, 0.717) is 6.42 Å². The van der Waals surface area contributed by atoms with Crippen LogP contribution in [0.3, 0.4) is 0 Å². The molecular weight excluding hydrogens is 644 g/mol. The van der Waals surface area contributed by atoms with Crippen molar-refractivity contribution in [2.24, 2.45) is 22.2 Å². The average Bonchev–Trinajstić information content (AvgIpc) is 3.73. The maximum absolute atomic E-state index is 13.3. The van der Waals surface area contributed by atoms with Gasteiger partial charge in [-0.15, -0.1) is 0 Å². The molecule has 1 aliphatic rings. The largest absolute Gasteiger partial charge is 0.480 e. The van der Waals surface area contributed by atoms with Crippen LogP contribution in [0.25, 0.3) is 10.9 Å². The predicted molar refractivity (Wildman–Crippen MR) is 175 cm³/mol. The van der Waals surface area contributed by atoms with E-state index in [-0.39, 0.29) is 44.7 Å². The lowest BCUT2D eigenvalue weighted by Gasteiger charge is -2.29. The van der Waals surface area contributed by atoms with Gasteiger partial charge in [-0.3, -0.25) is 29.0 Å². The number of nitrogens with two attached hydrogens (primary N) is 3. The summed E-state index contributed by atoms with van der Waals surface area (Å²) in [6, 6.07) is 1.16. The van der Waals surface area contributed by atoms with Gasteiger partial charge in [0.25, 0.3) is 0 Å². The van der Waals surface area contributed by atoms with Gasteiger partial charge in [0.2, 0.25) is 29.5 Å². The molecule has 1 aliphatic heterocycles. The van der Waals surface area contributed by atoms with Crippen LogP contribution in [0.4, 0.5) is 0 Å². The summed E-state index contributed by atoms with van der Waals surface area (Å²) in [5.41, 5.74) is 18.2. The van der Waals surface area contributed by atoms with E-state index in [4.69, 9.17) is 17.2 Å². The molecule has 5 atom stereocenters. The minimum atomic E-state index is -1.51. The molecular formula is C30H44N10O9. The molecule has 0 unspecified atom stereocenters. The van der Waals surface area contributed by atoms with Gasteiger partial charge in [0, 0.05) is 30.2 Å². The summed E-state index contributed by atoms with van der Waals surface area (Å²) < 4.78 is 0. The summed E-state index contributed by atoms with van der Waals surface area (Å²) in [6.45, 7) is -2.00. The number of aliphatic hydroxyl groups is 2. The maximum atomic E-state index is 13.3. The molecule has 19 nitrogen and oxygen atoms in total. The van der Waals surface area contributed by atoms with Crippen molar-refractivity contribution in [3.05, 3.63) is 36.0 Å². The molecule has 2 aromatic rings. The number of guanidine groups is 1. The fraction of sp³-hybridized carbons (Fsp3) is 0.500. The number of aromatic nitrogens is 1. The van der Waals surface area contributed by atoms with Crippen molar-refractivity contribution in [3.8, 4) is 0 Å². The molecule has 1 aromatic heterocycles. The summed E-state index contributed by atoms with van der Waals surface area (Å²) in [7, 11) is 0. The monoisotopic (exact) mass is 688 g/mol. The van der Waals surface area contributed by atoms with E-state index in [2.05, 4.69) is 31.2 Å². The van der Waals surface area contributed by atoms with E-state index in [0.717, 1.165) is 16.5 Å². The Hall–Kier alpha value is -5.27. The number of amides is 5. The molecule has 49 heavy (non-hydrogen) atoms. The molecule has 1 fully saturated rings. The van der Waals surface area contributed by atoms with E-state index >= 15 is 0 Å². The molecule has 1 aromatic carbocycles. The number of hydrogen-bond acceptors (Lipinski definition) is 10. The number of para-hydroxylation sites is 1. The number of carbonyl (C=O) groups is 6. The summed E-state index contributed by atoms with van der Waals surface area (Å²) in [5.74, 6) is -5.44. The Kier molecular flexibility index (Phi) is 14.3. The standard InChI is InChI=1S/C30H44N10O9/c31-18(11-16-12-35-19-6-2-1-5-17(16)19)25(44)39-22(15-42)28(47)40-10-4-8-23(40)27(46)38-21(14-41)26(45)36-13-24(43)37-20(29(48)49)7-3-9-34-30(32)33/h1-2,5-6,12,18,20-23,35,41-42H,3-4,7-11,13-15,31H2,(H,36,45)(H,37,43)(H,38,46)(H,39,44)(H,48,49)(H4,32,33,34)/t18-,20-,21-,22-,23-/m0/s1. The number of aliphatic hydroxyl groups excluding tert-OH is 2. The van der Waals surface area contributed by atoms with Crippen LogP contribution in [-0.4, -0.2) is 130 Å². The van der Waals surface area contributed by atoms with Gasteiger partial charge in [0.1, 0.15) is 24.2 Å². The van der Waals surface area contributed by atoms with Gasteiger partial charge in [-0.1, -0.05) is 18.2 Å². The molecule has 0 spiro atoms. The summed E-state index contributed by atoms with van der Waals surface area (Å²) >= 11 is 0. The number of carboxylic acid groups (broad SMARTS) is 1. The van der Waals surface area contributed by atoms with Gasteiger partial charge < -0.3 is 63.7 Å². The quantitative estimate of drug-likeness (QED) is 0.0403. The molecule has 1 saturated heterocycles. The zero-order valence-electron chi connectivity index (χ0n) is 26.8. The number of aliphatic carboxylic acids is 1. The van der Waals surface area contributed by atoms with Crippen LogP contribution in [0.15, 0.2) is 35.5 Å². The van der Waals surface area contributed by atoms with Gasteiger partial charge in [0.15, 0.2) is 5.96 Å². The topological polar surface area (TPSA) is 321 Å². The van der Waals surface area contributed by atoms with E-state index in [1.54, 1.807) is 6.20 Å². The predicted octanol–water partition coefficient (Wildman–Crippen LogP) is -4.28. The van der Waals surface area contributed by atoms with E-state index < -0.39 is 85.5 Å². The van der Waals surface area contributed by atoms with Crippen molar-refractivity contribution < 1.29 is 44.1 Å². The first-order chi connectivity index (χ1) is 23.4. The molecule has 0 bridgehead atoms. The lowest BCUT2D eigenvalue weighted by Crippen LogP contribution is -2.59. The normalized spacial score (nSPS) is 16.6. The molecule has 5 amide bonds. The molecule has 0 radical (unpaired) electrons. The molecule has 0 aliphatic carbocycles. The number of nitrogens with zero attached hydrogens (tertiary/aromatic N) is 2. The minimum absolute atomic E-state index is 0.0103. The van der Waals surface area contributed by atoms with Gasteiger partial charge in [-0.25, -0.2) is 4.79 Å². The smallest absolute Gasteiger partial charge is 0.326 e. The number of carbonyl (C=O) groups excluding carboxylic acids is 5. The van der Waals surface area contributed by atoms with Gasteiger partial charge in [-0.05, 0) is 43.7 Å². The highest BCUT2D eigenvalue weighted by Gasteiger charge is 2.39. The van der Waals surface area contributed by atoms with Crippen molar-refractivity contribution >= 4 is 52.4 Å². The second kappa shape index (κ2) is 18.3. The highest BCUT2D eigenvalue weighted by molar-refractivity contribution is 5.96.